The van der Waals surface area contributed by atoms with E-state index in [0.29, 0.717) is 0 Å². The molecule has 0 unspecified atom stereocenters. The molecule has 27 heavy (non-hydrogen) atoms. The molecule has 7 heteroatoms. The minimum atomic E-state index is 0.108. The van der Waals surface area contributed by atoms with Crippen molar-refractivity contribution in [3.8, 4) is 10.6 Å². The average Bonchev–Trinajstić information content (AvgIpc) is 3.26. The van der Waals surface area contributed by atoms with Gasteiger partial charge >= 0.3 is 0 Å². The van der Waals surface area contributed by atoms with Gasteiger partial charge in [-0.3, -0.25) is 4.79 Å². The smallest absolute Gasteiger partial charge is 0.223 e. The number of aromatic nitrogens is 2. The number of likely N-dealkylation sites (N-methyl/N-ethyl adjacent to an activating group) is 1. The maximum Gasteiger partial charge on any atom is 0.223 e. The maximum atomic E-state index is 12.4. The SMILES string of the molecule is CCN(CC)CCNC(=O)C1CCN(c2ccc(-c3cccs3)nn2)CC1. The van der Waals surface area contributed by atoms with E-state index in [9.17, 15) is 4.79 Å². The van der Waals surface area contributed by atoms with Gasteiger partial charge in [0.2, 0.25) is 5.91 Å². The quantitative estimate of drug-likeness (QED) is 0.755. The van der Waals surface area contributed by atoms with E-state index in [1.54, 1.807) is 11.3 Å². The monoisotopic (exact) mass is 387 g/mol. The van der Waals surface area contributed by atoms with Crippen LogP contribution in [0.1, 0.15) is 26.7 Å². The summed E-state index contributed by atoms with van der Waals surface area (Å²) in [5.74, 6) is 1.20. The first kappa shape index (κ1) is 19.8. The zero-order chi connectivity index (χ0) is 19.1. The first-order valence-corrected chi connectivity index (χ1v) is 10.7. The van der Waals surface area contributed by atoms with E-state index >= 15 is 0 Å². The van der Waals surface area contributed by atoms with E-state index in [0.717, 1.165) is 68.5 Å². The van der Waals surface area contributed by atoms with Crippen LogP contribution in [-0.2, 0) is 4.79 Å². The van der Waals surface area contributed by atoms with E-state index in [2.05, 4.69) is 45.2 Å². The highest BCUT2D eigenvalue weighted by atomic mass is 32.1. The molecule has 1 amide bonds. The number of carbonyl (C=O) groups excluding carboxylic acids is 1. The van der Waals surface area contributed by atoms with Gasteiger partial charge in [0, 0.05) is 32.1 Å². The summed E-state index contributed by atoms with van der Waals surface area (Å²) in [6.07, 6.45) is 1.73. The number of anilines is 1. The van der Waals surface area contributed by atoms with E-state index < -0.39 is 0 Å². The van der Waals surface area contributed by atoms with Crippen LogP contribution < -0.4 is 10.2 Å². The van der Waals surface area contributed by atoms with Crippen LogP contribution in [-0.4, -0.2) is 60.3 Å². The van der Waals surface area contributed by atoms with Crippen molar-refractivity contribution in [2.75, 3.05) is 44.2 Å². The zero-order valence-corrected chi connectivity index (χ0v) is 17.0. The second-order valence-corrected chi connectivity index (χ2v) is 7.78. The Kier molecular flexibility index (Phi) is 7.18. The predicted octanol–water partition coefficient (Wildman–Crippen LogP) is 2.88. The third-order valence-corrected chi connectivity index (χ3v) is 6.13. The van der Waals surface area contributed by atoms with Crippen molar-refractivity contribution in [1.29, 1.82) is 0 Å². The standard InChI is InChI=1S/C20H29N5OS/c1-3-24(4-2)14-11-21-20(26)16-9-12-25(13-10-16)19-8-7-17(22-23-19)18-6-5-15-27-18/h5-8,15-16H,3-4,9-14H2,1-2H3,(H,21,26). The predicted molar refractivity (Wildman–Crippen MR) is 111 cm³/mol. The molecule has 1 fully saturated rings. The largest absolute Gasteiger partial charge is 0.355 e. The highest BCUT2D eigenvalue weighted by molar-refractivity contribution is 7.13. The highest BCUT2D eigenvalue weighted by Gasteiger charge is 2.25. The number of amides is 1. The molecular formula is C20H29N5OS. The van der Waals surface area contributed by atoms with Gasteiger partial charge in [0.1, 0.15) is 5.69 Å². The fourth-order valence-electron chi connectivity index (χ4n) is 3.44. The lowest BCUT2D eigenvalue weighted by Crippen LogP contribution is -2.42. The molecule has 1 aliphatic rings. The normalized spacial score (nSPS) is 15.3. The van der Waals surface area contributed by atoms with E-state index in [1.807, 2.05) is 23.6 Å². The highest BCUT2D eigenvalue weighted by Crippen LogP contribution is 2.25. The molecule has 3 rings (SSSR count). The van der Waals surface area contributed by atoms with Crippen molar-refractivity contribution in [3.63, 3.8) is 0 Å². The van der Waals surface area contributed by atoms with Crippen molar-refractivity contribution in [1.82, 2.24) is 20.4 Å². The van der Waals surface area contributed by atoms with Gasteiger partial charge in [0.05, 0.1) is 4.88 Å². The Morgan fingerprint density at radius 1 is 1.22 bits per heavy atom. The molecule has 1 N–H and O–H groups in total. The minimum absolute atomic E-state index is 0.108. The molecule has 2 aromatic rings. The first-order chi connectivity index (χ1) is 13.2. The van der Waals surface area contributed by atoms with Crippen molar-refractivity contribution < 1.29 is 4.79 Å². The molecule has 0 aliphatic carbocycles. The van der Waals surface area contributed by atoms with Crippen molar-refractivity contribution in [3.05, 3.63) is 29.6 Å². The Hall–Kier alpha value is -1.99. The molecule has 1 saturated heterocycles. The number of rotatable bonds is 8. The third-order valence-electron chi connectivity index (χ3n) is 5.24. The van der Waals surface area contributed by atoms with Gasteiger partial charge < -0.3 is 15.1 Å². The Morgan fingerprint density at radius 2 is 2.00 bits per heavy atom. The van der Waals surface area contributed by atoms with Gasteiger partial charge in [-0.1, -0.05) is 19.9 Å². The molecule has 0 spiro atoms. The van der Waals surface area contributed by atoms with Crippen LogP contribution in [0, 0.1) is 5.92 Å². The molecule has 0 radical (unpaired) electrons. The molecule has 1 aliphatic heterocycles. The maximum absolute atomic E-state index is 12.4. The summed E-state index contributed by atoms with van der Waals surface area (Å²) in [4.78, 5) is 18.1. The molecule has 2 aromatic heterocycles. The van der Waals surface area contributed by atoms with Crippen LogP contribution in [0.2, 0.25) is 0 Å². The van der Waals surface area contributed by atoms with Crippen LogP contribution in [0.25, 0.3) is 10.6 Å². The number of thiophene rings is 1. The summed E-state index contributed by atoms with van der Waals surface area (Å²) < 4.78 is 0. The number of nitrogens with one attached hydrogen (secondary N) is 1. The second kappa shape index (κ2) is 9.80. The van der Waals surface area contributed by atoms with Crippen LogP contribution >= 0.6 is 11.3 Å². The van der Waals surface area contributed by atoms with Crippen molar-refractivity contribution in [2.45, 2.75) is 26.7 Å². The summed E-state index contributed by atoms with van der Waals surface area (Å²) in [6.45, 7) is 9.70. The molecule has 0 aromatic carbocycles. The van der Waals surface area contributed by atoms with Crippen LogP contribution in [0.15, 0.2) is 29.6 Å². The summed E-state index contributed by atoms with van der Waals surface area (Å²) in [5, 5.41) is 13.9. The van der Waals surface area contributed by atoms with Gasteiger partial charge in [-0.15, -0.1) is 21.5 Å². The van der Waals surface area contributed by atoms with Gasteiger partial charge in [-0.05, 0) is 49.5 Å². The number of hydrogen-bond acceptors (Lipinski definition) is 6. The topological polar surface area (TPSA) is 61.4 Å². The molecule has 0 atom stereocenters. The van der Waals surface area contributed by atoms with Crippen molar-refractivity contribution in [2.24, 2.45) is 5.92 Å². The first-order valence-electron chi connectivity index (χ1n) is 9.83. The molecule has 0 bridgehead atoms. The Morgan fingerprint density at radius 3 is 2.59 bits per heavy atom. The van der Waals surface area contributed by atoms with E-state index in [-0.39, 0.29) is 11.8 Å². The zero-order valence-electron chi connectivity index (χ0n) is 16.2. The third kappa shape index (κ3) is 5.26. The van der Waals surface area contributed by atoms with E-state index in [4.69, 9.17) is 0 Å². The van der Waals surface area contributed by atoms with Crippen LogP contribution in [0.4, 0.5) is 5.82 Å². The van der Waals surface area contributed by atoms with Crippen LogP contribution in [0.3, 0.4) is 0 Å². The average molecular weight is 388 g/mol. The van der Waals surface area contributed by atoms with Gasteiger partial charge in [-0.2, -0.15) is 0 Å². The fourth-order valence-corrected chi connectivity index (χ4v) is 4.13. The summed E-state index contributed by atoms with van der Waals surface area (Å²) in [6, 6.07) is 8.14. The van der Waals surface area contributed by atoms with E-state index in [1.165, 1.54) is 0 Å². The lowest BCUT2D eigenvalue weighted by molar-refractivity contribution is -0.125. The van der Waals surface area contributed by atoms with Crippen molar-refractivity contribution >= 4 is 23.1 Å². The number of nitrogens with zero attached hydrogens (tertiary/aromatic N) is 4. The molecular weight excluding hydrogens is 358 g/mol. The van der Waals surface area contributed by atoms with Gasteiger partial charge in [0.25, 0.3) is 0 Å². The lowest BCUT2D eigenvalue weighted by Gasteiger charge is -2.32. The fraction of sp³-hybridized carbons (Fsp3) is 0.550. The second-order valence-electron chi connectivity index (χ2n) is 6.83. The Balaban J connectivity index is 1.45. The van der Waals surface area contributed by atoms with Crippen LogP contribution in [0.5, 0.6) is 0 Å². The van der Waals surface area contributed by atoms with Gasteiger partial charge in [0.15, 0.2) is 5.82 Å². The molecule has 146 valence electrons. The minimum Gasteiger partial charge on any atom is -0.355 e. The Labute approximate surface area is 165 Å². The molecule has 6 nitrogen and oxygen atoms in total. The number of carbonyl (C=O) groups is 1. The number of piperidine rings is 1. The number of hydrogen-bond donors (Lipinski definition) is 1. The summed E-state index contributed by atoms with van der Waals surface area (Å²) in [5.41, 5.74) is 0.913. The Bertz CT molecular complexity index is 692. The van der Waals surface area contributed by atoms with Gasteiger partial charge in [-0.25, -0.2) is 0 Å². The summed E-state index contributed by atoms with van der Waals surface area (Å²) >= 11 is 1.67. The molecule has 3 heterocycles. The molecule has 0 saturated carbocycles. The summed E-state index contributed by atoms with van der Waals surface area (Å²) in [7, 11) is 0. The lowest BCUT2D eigenvalue weighted by atomic mass is 9.96.